The van der Waals surface area contributed by atoms with Gasteiger partial charge >= 0.3 is 26.2 Å². The number of benzene rings is 3. The van der Waals surface area contributed by atoms with Crippen LogP contribution in [0.15, 0.2) is 90.2 Å². The molecule has 0 unspecified atom stereocenters. The van der Waals surface area contributed by atoms with Crippen molar-refractivity contribution in [3.8, 4) is 0 Å². The van der Waals surface area contributed by atoms with Crippen molar-refractivity contribution in [1.82, 2.24) is 0 Å². The summed E-state index contributed by atoms with van der Waals surface area (Å²) < 4.78 is 9.88. The Labute approximate surface area is 271 Å². The molecule has 2 saturated carbocycles. The zero-order valence-electron chi connectivity index (χ0n) is 23.5. The van der Waals surface area contributed by atoms with Crippen LogP contribution < -0.4 is 10.6 Å². The largest absolute Gasteiger partial charge is 4.00 e. The predicted octanol–water partition coefficient (Wildman–Crippen LogP) is 5.64. The maximum Gasteiger partial charge on any atom is 4.00 e. The minimum absolute atomic E-state index is 0. The van der Waals surface area contributed by atoms with E-state index in [1.165, 1.54) is 14.2 Å². The fourth-order valence-electron chi connectivity index (χ4n) is 3.75. The van der Waals surface area contributed by atoms with Crippen molar-refractivity contribution in [1.29, 1.82) is 0 Å². The normalized spacial score (nSPS) is 14.0. The molecule has 0 atom stereocenters. The van der Waals surface area contributed by atoms with Gasteiger partial charge in [0.25, 0.3) is 0 Å². The number of methoxy groups -OCH3 is 2. The standard InChI is InChI=1S/C26H21O4P.2C5H5.Zr/c1-29-25(27)20-24(26(28)30-2)31(22-14-8-4-9-15-22,23-16-10-5-11-17-23)19-18-21-12-6-3-7-13-21;2*1-2-4-5-3-1;/h3-12,14-18H,1-2H3;2*1-5H;/q-2;;;+4. The molecule has 0 bridgehead atoms. The molecule has 0 heterocycles. The Morgan fingerprint density at radius 1 is 0.690 bits per heavy atom. The van der Waals surface area contributed by atoms with E-state index in [9.17, 15) is 9.59 Å². The molecule has 3 aromatic rings. The SMILES string of the molecule is COC(=O)[C-]=C(C(=O)OC)P(=C=Cc1[c-]cccc1)(c1ccccc1)c1ccccc1.[CH]1[CH][CH][CH][CH]1.[CH]1[CH][CH][CH][CH]1.[Zr+4]. The second kappa shape index (κ2) is 20.3. The molecule has 0 saturated heterocycles. The van der Waals surface area contributed by atoms with E-state index in [1.54, 1.807) is 12.1 Å². The maximum absolute atomic E-state index is 13.0. The number of hydrogen-bond acceptors (Lipinski definition) is 4. The van der Waals surface area contributed by atoms with Crippen LogP contribution >= 0.6 is 6.89 Å². The second-order valence-corrected chi connectivity index (χ2v) is 11.4. The topological polar surface area (TPSA) is 52.6 Å². The van der Waals surface area contributed by atoms with Gasteiger partial charge in [-0.2, -0.15) is 5.45 Å². The summed E-state index contributed by atoms with van der Waals surface area (Å²) in [7, 11) is 2.52. The van der Waals surface area contributed by atoms with Crippen molar-refractivity contribution >= 4 is 41.0 Å². The summed E-state index contributed by atoms with van der Waals surface area (Å²) in [5.41, 5.74) is 4.27. The summed E-state index contributed by atoms with van der Waals surface area (Å²) >= 11 is 0. The van der Waals surface area contributed by atoms with Crippen molar-refractivity contribution in [3.05, 3.63) is 172 Å². The molecular weight excluding hydrogens is 619 g/mol. The Morgan fingerprint density at radius 2 is 1.14 bits per heavy atom. The van der Waals surface area contributed by atoms with Crippen LogP contribution in [0.3, 0.4) is 0 Å². The van der Waals surface area contributed by atoms with Crippen LogP contribution in [0.2, 0.25) is 0 Å². The molecule has 6 heteroatoms. The van der Waals surface area contributed by atoms with Crippen LogP contribution in [-0.4, -0.2) is 31.6 Å². The molecule has 4 nitrogen and oxygen atoms in total. The van der Waals surface area contributed by atoms with Gasteiger partial charge in [0.15, 0.2) is 5.97 Å². The minimum atomic E-state index is -2.91. The quantitative estimate of drug-likeness (QED) is 0.150. The van der Waals surface area contributed by atoms with E-state index in [-0.39, 0.29) is 31.5 Å². The van der Waals surface area contributed by atoms with Crippen LogP contribution in [0, 0.1) is 76.4 Å². The van der Waals surface area contributed by atoms with Gasteiger partial charge in [0, 0.05) is 0 Å². The van der Waals surface area contributed by atoms with Gasteiger partial charge in [0.05, 0.1) is 14.2 Å². The maximum atomic E-state index is 13.0. The predicted molar refractivity (Wildman–Crippen MR) is 168 cm³/mol. The van der Waals surface area contributed by atoms with Crippen molar-refractivity contribution in [2.75, 3.05) is 14.2 Å². The van der Waals surface area contributed by atoms with Gasteiger partial charge in [-0.15, -0.1) is 42.0 Å². The van der Waals surface area contributed by atoms with Gasteiger partial charge in [-0.25, -0.2) is 0 Å². The smallest absolute Gasteiger partial charge is 0.550 e. The molecule has 2 aliphatic carbocycles. The first-order valence-corrected chi connectivity index (χ1v) is 14.6. The summed E-state index contributed by atoms with van der Waals surface area (Å²) in [6.07, 6.45) is 24.4. The van der Waals surface area contributed by atoms with E-state index in [0.717, 1.165) is 16.2 Å². The molecule has 2 aliphatic rings. The fraction of sp³-hybridized carbons (Fsp3) is 0.0556. The third kappa shape index (κ3) is 10.9. The van der Waals surface area contributed by atoms with E-state index in [1.807, 2.05) is 143 Å². The van der Waals surface area contributed by atoms with Gasteiger partial charge in [-0.3, -0.25) is 4.79 Å². The van der Waals surface area contributed by atoms with Gasteiger partial charge in [-0.05, 0) is 81.7 Å². The first kappa shape index (κ1) is 35.5. The fourth-order valence-corrected chi connectivity index (χ4v) is 7.18. The summed E-state index contributed by atoms with van der Waals surface area (Å²) in [6, 6.07) is 29.6. The van der Waals surface area contributed by atoms with Gasteiger partial charge in [0.2, 0.25) is 5.97 Å². The van der Waals surface area contributed by atoms with E-state index in [2.05, 4.69) is 17.6 Å². The average molecular weight is 650 g/mol. The van der Waals surface area contributed by atoms with Crippen molar-refractivity contribution in [3.63, 3.8) is 0 Å². The number of hydrogen-bond donors (Lipinski definition) is 0. The third-order valence-electron chi connectivity index (χ3n) is 5.66. The summed E-state index contributed by atoms with van der Waals surface area (Å²) in [4.78, 5) is 25.2. The van der Waals surface area contributed by atoms with E-state index in [0.29, 0.717) is 0 Å². The molecule has 2 fully saturated rings. The van der Waals surface area contributed by atoms with Gasteiger partial charge < -0.3 is 14.3 Å². The van der Waals surface area contributed by atoms with E-state index < -0.39 is 18.8 Å². The number of rotatable bonds is 6. The van der Waals surface area contributed by atoms with Gasteiger partial charge in [-0.1, -0.05) is 72.1 Å². The van der Waals surface area contributed by atoms with E-state index in [4.69, 9.17) is 9.47 Å². The molecule has 42 heavy (non-hydrogen) atoms. The second-order valence-electron chi connectivity index (χ2n) is 8.31. The zero-order valence-corrected chi connectivity index (χ0v) is 26.9. The first-order valence-electron chi connectivity index (χ1n) is 12.8. The van der Waals surface area contributed by atoms with Crippen LogP contribution in [0.25, 0.3) is 6.08 Å². The summed E-state index contributed by atoms with van der Waals surface area (Å²) in [5, 5.41) is 1.72. The van der Waals surface area contributed by atoms with Crippen molar-refractivity contribution in [2.45, 2.75) is 0 Å². The Bertz CT molecular complexity index is 1250. The van der Waals surface area contributed by atoms with Gasteiger partial charge in [0.1, 0.15) is 0 Å². The van der Waals surface area contributed by atoms with Crippen LogP contribution in [0.1, 0.15) is 5.56 Å². The third-order valence-corrected chi connectivity index (χ3v) is 9.29. The Kier molecular flexibility index (Phi) is 17.1. The molecule has 206 valence electrons. The summed E-state index contributed by atoms with van der Waals surface area (Å²) in [5.74, 6) is -1.42. The van der Waals surface area contributed by atoms with Crippen LogP contribution in [-0.2, 0) is 45.3 Å². The van der Waals surface area contributed by atoms with Crippen LogP contribution in [0.4, 0.5) is 0 Å². The molecular formula is C36H31O4PZr+2. The monoisotopic (exact) mass is 648 g/mol. The number of carbonyl (C=O) groups is 2. The van der Waals surface area contributed by atoms with Crippen molar-refractivity contribution in [2.24, 2.45) is 0 Å². The Balaban J connectivity index is 0.000000469. The van der Waals surface area contributed by atoms with Crippen molar-refractivity contribution < 1.29 is 45.3 Å². The number of esters is 2. The first-order chi connectivity index (χ1) is 20.1. The zero-order chi connectivity index (χ0) is 29.2. The number of carbonyl (C=O) groups excluding carboxylic acids is 2. The molecule has 0 aromatic heterocycles. The molecule has 10 radical (unpaired) electrons. The van der Waals surface area contributed by atoms with Crippen LogP contribution in [0.5, 0.6) is 0 Å². The van der Waals surface area contributed by atoms with E-state index >= 15 is 0 Å². The molecule has 0 amide bonds. The number of ether oxygens (including phenoxy) is 2. The Morgan fingerprint density at radius 3 is 1.52 bits per heavy atom. The molecule has 0 N–H and O–H groups in total. The molecule has 5 rings (SSSR count). The Hall–Kier alpha value is -2.70. The molecule has 0 spiro atoms. The molecule has 3 aromatic carbocycles. The minimum Gasteiger partial charge on any atom is -0.550 e. The summed E-state index contributed by atoms with van der Waals surface area (Å²) in [6.45, 7) is -2.91. The molecule has 0 aliphatic heterocycles. The average Bonchev–Trinajstić information content (AvgIpc) is 3.82.